The molecular weight excluding hydrogens is 518 g/mol. The number of hydrogen-bond acceptors (Lipinski definition) is 6. The Labute approximate surface area is 246 Å². The second-order valence-corrected chi connectivity index (χ2v) is 11.8. The molecule has 0 spiro atoms. The summed E-state index contributed by atoms with van der Waals surface area (Å²) in [7, 11) is 0. The molecule has 4 heterocycles. The first-order valence-electron chi connectivity index (χ1n) is 15.0. The van der Waals surface area contributed by atoms with Gasteiger partial charge in [-0.3, -0.25) is 0 Å². The number of aromatic amines is 1. The van der Waals surface area contributed by atoms with E-state index in [2.05, 4.69) is 111 Å². The second-order valence-electron chi connectivity index (χ2n) is 11.8. The van der Waals surface area contributed by atoms with Gasteiger partial charge < -0.3 is 25.8 Å². The Kier molecular flexibility index (Phi) is 6.00. The van der Waals surface area contributed by atoms with Gasteiger partial charge in [-0.05, 0) is 83.8 Å². The van der Waals surface area contributed by atoms with Crippen molar-refractivity contribution in [3.63, 3.8) is 0 Å². The molecule has 1 saturated heterocycles. The standard InChI is InChI=1S/C35H35N7/c1-22-29(3-2-4-32(22)42-16-13-26-19-25(23-5-6-23)7-8-27(26)21-42)33-30-20-31(38-34(30)40-35(36)39-33)24-9-11-28(12-10-24)41-17-14-37-15-18-41/h2-4,7-13,16,19-20,23,37H,5-6,14-15,17-18,21H2,1H3,(H3,36,38,39,40). The Morgan fingerprint density at radius 1 is 0.929 bits per heavy atom. The molecule has 7 heteroatoms. The van der Waals surface area contributed by atoms with Gasteiger partial charge in [0.2, 0.25) is 5.95 Å². The molecule has 1 aliphatic carbocycles. The van der Waals surface area contributed by atoms with Gasteiger partial charge in [0, 0.05) is 66.9 Å². The number of nitrogens with two attached hydrogens (primary N) is 1. The number of rotatable bonds is 5. The van der Waals surface area contributed by atoms with Crippen molar-refractivity contribution in [1.82, 2.24) is 20.3 Å². The quantitative estimate of drug-likeness (QED) is 0.232. The second kappa shape index (κ2) is 10.0. The molecule has 0 radical (unpaired) electrons. The van der Waals surface area contributed by atoms with Crippen LogP contribution in [-0.4, -0.2) is 41.1 Å². The normalized spacial score (nSPS) is 16.7. The number of hydrogen-bond donors (Lipinski definition) is 3. The minimum atomic E-state index is 0.267. The van der Waals surface area contributed by atoms with E-state index in [1.54, 1.807) is 0 Å². The molecule has 0 unspecified atom stereocenters. The van der Waals surface area contributed by atoms with Crippen LogP contribution in [0.4, 0.5) is 17.3 Å². The average molecular weight is 554 g/mol. The molecule has 8 rings (SSSR count). The summed E-state index contributed by atoms with van der Waals surface area (Å²) in [5, 5.41) is 4.39. The van der Waals surface area contributed by atoms with Gasteiger partial charge in [0.25, 0.3) is 0 Å². The lowest BCUT2D eigenvalue weighted by atomic mass is 9.97. The van der Waals surface area contributed by atoms with Crippen molar-refractivity contribution in [3.8, 4) is 22.5 Å². The maximum Gasteiger partial charge on any atom is 0.222 e. The van der Waals surface area contributed by atoms with Crippen molar-refractivity contribution >= 4 is 34.4 Å². The molecule has 3 aliphatic rings. The van der Waals surface area contributed by atoms with Crippen LogP contribution in [0.2, 0.25) is 0 Å². The summed E-state index contributed by atoms with van der Waals surface area (Å²) < 4.78 is 0. The summed E-state index contributed by atoms with van der Waals surface area (Å²) in [4.78, 5) is 17.6. The van der Waals surface area contributed by atoms with Gasteiger partial charge in [0.15, 0.2) is 0 Å². The van der Waals surface area contributed by atoms with Gasteiger partial charge in [-0.2, -0.15) is 4.98 Å². The lowest BCUT2D eigenvalue weighted by Gasteiger charge is -2.29. The Hall–Kier alpha value is -4.62. The van der Waals surface area contributed by atoms with Gasteiger partial charge in [-0.1, -0.05) is 42.5 Å². The average Bonchev–Trinajstić information content (AvgIpc) is 3.80. The highest BCUT2D eigenvalue weighted by molar-refractivity contribution is 5.96. The summed E-state index contributed by atoms with van der Waals surface area (Å²) in [6, 6.07) is 24.4. The van der Waals surface area contributed by atoms with Crippen LogP contribution in [-0.2, 0) is 6.54 Å². The van der Waals surface area contributed by atoms with Crippen LogP contribution in [0.25, 0.3) is 39.6 Å². The topological polar surface area (TPSA) is 86.1 Å². The van der Waals surface area contributed by atoms with Crippen LogP contribution in [0.15, 0.2) is 72.9 Å². The Bertz CT molecular complexity index is 1830. The van der Waals surface area contributed by atoms with E-state index in [4.69, 9.17) is 10.7 Å². The summed E-state index contributed by atoms with van der Waals surface area (Å²) in [6.07, 6.45) is 7.12. The zero-order valence-electron chi connectivity index (χ0n) is 23.9. The number of aromatic nitrogens is 3. The highest BCUT2D eigenvalue weighted by Gasteiger charge is 2.25. The molecule has 7 nitrogen and oxygen atoms in total. The third-order valence-electron chi connectivity index (χ3n) is 9.03. The largest absolute Gasteiger partial charge is 0.369 e. The highest BCUT2D eigenvalue weighted by Crippen LogP contribution is 2.42. The number of fused-ring (bicyclic) bond motifs is 2. The molecule has 0 bridgehead atoms. The first kappa shape index (κ1) is 25.1. The summed E-state index contributed by atoms with van der Waals surface area (Å²) >= 11 is 0. The maximum atomic E-state index is 6.26. The van der Waals surface area contributed by atoms with E-state index in [1.165, 1.54) is 46.5 Å². The first-order chi connectivity index (χ1) is 20.6. The first-order valence-corrected chi connectivity index (χ1v) is 15.0. The van der Waals surface area contributed by atoms with Crippen LogP contribution in [0.1, 0.15) is 41.0 Å². The fourth-order valence-corrected chi connectivity index (χ4v) is 6.51. The third-order valence-corrected chi connectivity index (χ3v) is 9.03. The minimum absolute atomic E-state index is 0.267. The number of anilines is 3. The Morgan fingerprint density at radius 2 is 1.76 bits per heavy atom. The Balaban J connectivity index is 1.12. The van der Waals surface area contributed by atoms with Crippen molar-refractivity contribution in [3.05, 3.63) is 95.2 Å². The van der Waals surface area contributed by atoms with E-state index in [-0.39, 0.29) is 5.95 Å². The zero-order valence-corrected chi connectivity index (χ0v) is 23.9. The predicted octanol–water partition coefficient (Wildman–Crippen LogP) is 6.46. The lowest BCUT2D eigenvalue weighted by Crippen LogP contribution is -2.43. The SMILES string of the molecule is Cc1c(-c2nc(N)nc3[nH]c(-c4ccc(N5CCNCC5)cc4)cc23)cccc1N1C=Cc2cc(C3CC3)ccc2C1. The number of nitrogens with one attached hydrogen (secondary N) is 2. The molecule has 3 aromatic carbocycles. The van der Waals surface area contributed by atoms with E-state index in [0.717, 1.165) is 72.2 Å². The monoisotopic (exact) mass is 553 g/mol. The fourth-order valence-electron chi connectivity index (χ4n) is 6.51. The van der Waals surface area contributed by atoms with E-state index in [0.29, 0.717) is 0 Å². The molecule has 0 atom stereocenters. The van der Waals surface area contributed by atoms with E-state index >= 15 is 0 Å². The predicted molar refractivity (Wildman–Crippen MR) is 173 cm³/mol. The molecule has 42 heavy (non-hydrogen) atoms. The number of nitrogens with zero attached hydrogens (tertiary/aromatic N) is 4. The number of nitrogen functional groups attached to an aromatic ring is 1. The number of piperazine rings is 1. The molecule has 4 N–H and O–H groups in total. The van der Waals surface area contributed by atoms with E-state index < -0.39 is 0 Å². The van der Waals surface area contributed by atoms with Gasteiger partial charge >= 0.3 is 0 Å². The molecule has 0 amide bonds. The summed E-state index contributed by atoms with van der Waals surface area (Å²) in [6.45, 7) is 7.13. The van der Waals surface area contributed by atoms with Crippen molar-refractivity contribution in [2.45, 2.75) is 32.2 Å². The third kappa shape index (κ3) is 4.50. The van der Waals surface area contributed by atoms with Crippen LogP contribution >= 0.6 is 0 Å². The fraction of sp³-hybridized carbons (Fsp3) is 0.257. The van der Waals surface area contributed by atoms with Crippen molar-refractivity contribution in [1.29, 1.82) is 0 Å². The lowest BCUT2D eigenvalue weighted by molar-refractivity contribution is 0.589. The van der Waals surface area contributed by atoms with Gasteiger partial charge in [-0.15, -0.1) is 0 Å². The number of H-pyrrole nitrogens is 1. The van der Waals surface area contributed by atoms with Crippen molar-refractivity contribution in [2.75, 3.05) is 41.7 Å². The Morgan fingerprint density at radius 3 is 2.57 bits per heavy atom. The van der Waals surface area contributed by atoms with E-state index in [1.807, 2.05) is 0 Å². The van der Waals surface area contributed by atoms with Gasteiger partial charge in [0.1, 0.15) is 5.65 Å². The minimum Gasteiger partial charge on any atom is -0.369 e. The number of benzene rings is 3. The van der Waals surface area contributed by atoms with Crippen LogP contribution in [0, 0.1) is 6.92 Å². The zero-order chi connectivity index (χ0) is 28.2. The molecule has 1 saturated carbocycles. The summed E-state index contributed by atoms with van der Waals surface area (Å²) in [5.74, 6) is 1.03. The molecular formula is C35H35N7. The van der Waals surface area contributed by atoms with Crippen LogP contribution in [0.5, 0.6) is 0 Å². The maximum absolute atomic E-state index is 6.26. The van der Waals surface area contributed by atoms with Gasteiger partial charge in [-0.25, -0.2) is 4.98 Å². The van der Waals surface area contributed by atoms with E-state index in [9.17, 15) is 0 Å². The van der Waals surface area contributed by atoms with Crippen LogP contribution < -0.4 is 20.9 Å². The van der Waals surface area contributed by atoms with Crippen LogP contribution in [0.3, 0.4) is 0 Å². The molecule has 210 valence electrons. The highest BCUT2D eigenvalue weighted by atomic mass is 15.2. The van der Waals surface area contributed by atoms with Crippen molar-refractivity contribution < 1.29 is 0 Å². The molecule has 2 aromatic heterocycles. The smallest absolute Gasteiger partial charge is 0.222 e. The molecule has 2 fully saturated rings. The molecule has 2 aliphatic heterocycles. The summed E-state index contributed by atoms with van der Waals surface area (Å²) in [5.41, 5.74) is 18.8. The van der Waals surface area contributed by atoms with Gasteiger partial charge in [0.05, 0.1) is 5.69 Å². The molecule has 5 aromatic rings. The van der Waals surface area contributed by atoms with Crippen molar-refractivity contribution in [2.24, 2.45) is 0 Å².